The van der Waals surface area contributed by atoms with Crippen molar-refractivity contribution in [2.45, 2.75) is 50.6 Å². The molecule has 2 aliphatic rings. The zero-order chi connectivity index (χ0) is 16.2. The number of rotatable bonds is 6. The average molecular weight is 317 g/mol. The highest BCUT2D eigenvalue weighted by Crippen LogP contribution is 2.36. The molecule has 0 spiro atoms. The highest BCUT2D eigenvalue weighted by Gasteiger charge is 2.38. The Kier molecular flexibility index (Phi) is 5.21. The van der Waals surface area contributed by atoms with Crippen LogP contribution in [-0.2, 0) is 4.79 Å². The zero-order valence-electron chi connectivity index (χ0n) is 14.2. The van der Waals surface area contributed by atoms with Crippen molar-refractivity contribution in [3.63, 3.8) is 0 Å². The smallest absolute Gasteiger partial charge is 0.139 e. The predicted octanol–water partition coefficient (Wildman–Crippen LogP) is 3.30. The number of hydrogen-bond acceptors (Lipinski definition) is 4. The van der Waals surface area contributed by atoms with Crippen LogP contribution in [0.5, 0.6) is 11.5 Å². The Morgan fingerprint density at radius 2 is 1.91 bits per heavy atom. The molecule has 2 fully saturated rings. The third-order valence-electron chi connectivity index (χ3n) is 5.45. The molecule has 4 nitrogen and oxygen atoms in total. The summed E-state index contributed by atoms with van der Waals surface area (Å²) in [7, 11) is 3.86. The van der Waals surface area contributed by atoms with Crippen molar-refractivity contribution in [2.75, 3.05) is 20.8 Å². The third-order valence-corrected chi connectivity index (χ3v) is 5.45. The van der Waals surface area contributed by atoms with Crippen molar-refractivity contribution in [1.82, 2.24) is 4.90 Å². The number of ketones is 1. The first-order valence-corrected chi connectivity index (χ1v) is 8.69. The Balaban J connectivity index is 1.48. The Morgan fingerprint density at radius 3 is 2.61 bits per heavy atom. The van der Waals surface area contributed by atoms with Crippen LogP contribution in [0.1, 0.15) is 38.5 Å². The standard InChI is InChI=1S/C19H27NO3/c1-20-15-5-3-6-16(20)12-14(11-15)19(21)9-10-23-18-8-4-7-17(13-18)22-2/h4,7-8,13-16H,3,5-6,9-12H2,1-2H3. The van der Waals surface area contributed by atoms with E-state index < -0.39 is 0 Å². The molecule has 1 aromatic carbocycles. The van der Waals surface area contributed by atoms with Gasteiger partial charge in [0.1, 0.15) is 17.3 Å². The zero-order valence-corrected chi connectivity index (χ0v) is 14.2. The lowest BCUT2D eigenvalue weighted by molar-refractivity contribution is -0.127. The summed E-state index contributed by atoms with van der Waals surface area (Å²) in [5.74, 6) is 2.14. The number of nitrogens with zero attached hydrogens (tertiary/aromatic N) is 1. The fraction of sp³-hybridized carbons (Fsp3) is 0.632. The number of Topliss-reactive ketones (excluding diaryl/α,β-unsaturated/α-hetero) is 1. The lowest BCUT2D eigenvalue weighted by atomic mass is 9.76. The van der Waals surface area contributed by atoms with E-state index in [2.05, 4.69) is 11.9 Å². The van der Waals surface area contributed by atoms with E-state index in [1.54, 1.807) is 7.11 Å². The van der Waals surface area contributed by atoms with Gasteiger partial charge in [-0.2, -0.15) is 0 Å². The van der Waals surface area contributed by atoms with Gasteiger partial charge in [-0.25, -0.2) is 0 Å². The first-order valence-electron chi connectivity index (χ1n) is 8.69. The maximum Gasteiger partial charge on any atom is 0.139 e. The van der Waals surface area contributed by atoms with E-state index in [9.17, 15) is 4.79 Å². The summed E-state index contributed by atoms with van der Waals surface area (Å²) in [5.41, 5.74) is 0. The molecule has 2 bridgehead atoms. The van der Waals surface area contributed by atoms with E-state index >= 15 is 0 Å². The number of hydrogen-bond donors (Lipinski definition) is 0. The largest absolute Gasteiger partial charge is 0.497 e. The number of carbonyl (C=O) groups is 1. The lowest BCUT2D eigenvalue weighted by Crippen LogP contribution is -2.51. The molecule has 0 saturated carbocycles. The number of fused-ring (bicyclic) bond motifs is 2. The highest BCUT2D eigenvalue weighted by molar-refractivity contribution is 5.81. The van der Waals surface area contributed by atoms with Crippen molar-refractivity contribution in [2.24, 2.45) is 5.92 Å². The normalized spacial score (nSPS) is 27.5. The van der Waals surface area contributed by atoms with Crippen LogP contribution in [0.25, 0.3) is 0 Å². The maximum atomic E-state index is 12.5. The van der Waals surface area contributed by atoms with E-state index in [0.29, 0.717) is 30.9 Å². The van der Waals surface area contributed by atoms with E-state index in [-0.39, 0.29) is 5.92 Å². The van der Waals surface area contributed by atoms with E-state index in [1.165, 1.54) is 19.3 Å². The van der Waals surface area contributed by atoms with Crippen LogP contribution in [0.3, 0.4) is 0 Å². The number of ether oxygens (including phenoxy) is 2. The van der Waals surface area contributed by atoms with Crippen LogP contribution >= 0.6 is 0 Å². The van der Waals surface area contributed by atoms with Crippen LogP contribution in [0.15, 0.2) is 24.3 Å². The summed E-state index contributed by atoms with van der Waals surface area (Å²) < 4.78 is 10.9. The minimum Gasteiger partial charge on any atom is -0.497 e. The summed E-state index contributed by atoms with van der Waals surface area (Å²) >= 11 is 0. The van der Waals surface area contributed by atoms with Crippen LogP contribution in [0.4, 0.5) is 0 Å². The topological polar surface area (TPSA) is 38.8 Å². The van der Waals surface area contributed by atoms with Crippen LogP contribution in [0.2, 0.25) is 0 Å². The van der Waals surface area contributed by atoms with Gasteiger partial charge in [-0.15, -0.1) is 0 Å². The fourth-order valence-corrected chi connectivity index (χ4v) is 4.04. The second-order valence-electron chi connectivity index (χ2n) is 6.82. The van der Waals surface area contributed by atoms with E-state index in [1.807, 2.05) is 24.3 Å². The molecule has 2 aliphatic heterocycles. The molecule has 0 N–H and O–H groups in total. The second kappa shape index (κ2) is 7.35. The maximum absolute atomic E-state index is 12.5. The molecule has 2 saturated heterocycles. The molecule has 3 rings (SSSR count). The van der Waals surface area contributed by atoms with Crippen molar-refractivity contribution in [3.05, 3.63) is 24.3 Å². The molecule has 126 valence electrons. The Morgan fingerprint density at radius 1 is 1.22 bits per heavy atom. The molecule has 0 amide bonds. The summed E-state index contributed by atoms with van der Waals surface area (Å²) in [6.45, 7) is 0.452. The minimum absolute atomic E-state index is 0.232. The predicted molar refractivity (Wildman–Crippen MR) is 90.0 cm³/mol. The number of carbonyl (C=O) groups excluding carboxylic acids is 1. The Hall–Kier alpha value is -1.55. The van der Waals surface area contributed by atoms with Crippen LogP contribution in [0, 0.1) is 5.92 Å². The molecule has 2 heterocycles. The van der Waals surface area contributed by atoms with Gasteiger partial charge in [-0.05, 0) is 44.9 Å². The van der Waals surface area contributed by atoms with Gasteiger partial charge >= 0.3 is 0 Å². The Labute approximate surface area is 138 Å². The van der Waals surface area contributed by atoms with Gasteiger partial charge in [0.2, 0.25) is 0 Å². The van der Waals surface area contributed by atoms with Gasteiger partial charge in [0.25, 0.3) is 0 Å². The van der Waals surface area contributed by atoms with Gasteiger partial charge in [-0.3, -0.25) is 4.79 Å². The number of piperidine rings is 2. The molecular formula is C19H27NO3. The Bertz CT molecular complexity index is 531. The third kappa shape index (κ3) is 3.86. The van der Waals surface area contributed by atoms with Crippen molar-refractivity contribution < 1.29 is 14.3 Å². The van der Waals surface area contributed by atoms with Gasteiger partial charge in [-0.1, -0.05) is 12.5 Å². The molecule has 1 aromatic rings. The first kappa shape index (κ1) is 16.3. The van der Waals surface area contributed by atoms with Gasteiger partial charge in [0.15, 0.2) is 0 Å². The summed E-state index contributed by atoms with van der Waals surface area (Å²) in [5, 5.41) is 0. The van der Waals surface area contributed by atoms with Crippen LogP contribution < -0.4 is 9.47 Å². The molecular weight excluding hydrogens is 290 g/mol. The highest BCUT2D eigenvalue weighted by atomic mass is 16.5. The van der Waals surface area contributed by atoms with Gasteiger partial charge < -0.3 is 14.4 Å². The van der Waals surface area contributed by atoms with E-state index in [4.69, 9.17) is 9.47 Å². The van der Waals surface area contributed by atoms with Crippen molar-refractivity contribution in [3.8, 4) is 11.5 Å². The molecule has 0 aromatic heterocycles. The summed E-state index contributed by atoms with van der Waals surface area (Å²) in [6.07, 6.45) is 6.38. The van der Waals surface area contributed by atoms with Crippen molar-refractivity contribution >= 4 is 5.78 Å². The average Bonchev–Trinajstić information content (AvgIpc) is 2.54. The first-order chi connectivity index (χ1) is 11.2. The molecule has 2 atom stereocenters. The van der Waals surface area contributed by atoms with E-state index in [0.717, 1.165) is 24.3 Å². The minimum atomic E-state index is 0.232. The van der Waals surface area contributed by atoms with Gasteiger partial charge in [0.05, 0.1) is 13.7 Å². The fourth-order valence-electron chi connectivity index (χ4n) is 4.04. The van der Waals surface area contributed by atoms with Crippen molar-refractivity contribution in [1.29, 1.82) is 0 Å². The SMILES string of the molecule is COc1cccc(OCCC(=O)C2CC3CCCC(C2)N3C)c1. The number of methoxy groups -OCH3 is 1. The molecule has 0 radical (unpaired) electrons. The number of benzene rings is 1. The molecule has 0 aliphatic carbocycles. The molecule has 23 heavy (non-hydrogen) atoms. The summed E-state index contributed by atoms with van der Waals surface area (Å²) in [4.78, 5) is 15.0. The lowest BCUT2D eigenvalue weighted by Gasteiger charge is -2.46. The quantitative estimate of drug-likeness (QED) is 0.807. The molecule has 4 heteroatoms. The monoisotopic (exact) mass is 317 g/mol. The summed E-state index contributed by atoms with van der Waals surface area (Å²) in [6, 6.07) is 8.74. The second-order valence-corrected chi connectivity index (χ2v) is 6.82. The molecule has 2 unspecified atom stereocenters. The van der Waals surface area contributed by atoms with Gasteiger partial charge in [0, 0.05) is 30.5 Å². The van der Waals surface area contributed by atoms with Crippen LogP contribution in [-0.4, -0.2) is 43.5 Å².